The van der Waals surface area contributed by atoms with Gasteiger partial charge in [-0.1, -0.05) is 27.2 Å². The van der Waals surface area contributed by atoms with Crippen molar-refractivity contribution < 1.29 is 5.11 Å². The average Bonchev–Trinajstić information content (AvgIpc) is 2.07. The molecule has 0 aromatic rings. The highest BCUT2D eigenvalue weighted by molar-refractivity contribution is 4.84. The van der Waals surface area contributed by atoms with Crippen molar-refractivity contribution in [3.8, 4) is 0 Å². The van der Waals surface area contributed by atoms with Gasteiger partial charge in [0.1, 0.15) is 0 Å². The highest BCUT2D eigenvalue weighted by atomic mass is 16.3. The molecule has 1 unspecified atom stereocenters. The zero-order valence-corrected chi connectivity index (χ0v) is 9.09. The van der Waals surface area contributed by atoms with Crippen LogP contribution in [0.3, 0.4) is 0 Å². The predicted molar refractivity (Wildman–Crippen MR) is 55.7 cm³/mol. The van der Waals surface area contributed by atoms with E-state index in [0.29, 0.717) is 18.0 Å². The lowest BCUT2D eigenvalue weighted by molar-refractivity contribution is 0.0774. The molecule has 1 saturated carbocycles. The molecule has 2 heteroatoms. The predicted octanol–water partition coefficient (Wildman–Crippen LogP) is 1.92. The van der Waals surface area contributed by atoms with Crippen molar-refractivity contribution >= 4 is 0 Å². The number of rotatable bonds is 3. The van der Waals surface area contributed by atoms with Gasteiger partial charge in [0, 0.05) is 12.1 Å². The summed E-state index contributed by atoms with van der Waals surface area (Å²) in [5.74, 6) is 0.672. The molecular weight excluding hydrogens is 162 g/mol. The summed E-state index contributed by atoms with van der Waals surface area (Å²) in [7, 11) is 0. The van der Waals surface area contributed by atoms with Crippen LogP contribution in [0.15, 0.2) is 0 Å². The third-order valence-corrected chi connectivity index (χ3v) is 3.03. The summed E-state index contributed by atoms with van der Waals surface area (Å²) in [6.07, 6.45) is 4.23. The van der Waals surface area contributed by atoms with E-state index >= 15 is 0 Å². The summed E-state index contributed by atoms with van der Waals surface area (Å²) >= 11 is 0. The summed E-state index contributed by atoms with van der Waals surface area (Å²) in [4.78, 5) is 0. The van der Waals surface area contributed by atoms with Crippen molar-refractivity contribution in [2.24, 2.45) is 5.92 Å². The molecule has 0 saturated heterocycles. The first kappa shape index (κ1) is 11.0. The Bertz CT molecular complexity index is 147. The second-order valence-electron chi connectivity index (χ2n) is 4.56. The van der Waals surface area contributed by atoms with Crippen molar-refractivity contribution in [2.75, 3.05) is 0 Å². The molecule has 0 amide bonds. The summed E-state index contributed by atoms with van der Waals surface area (Å²) in [5.41, 5.74) is 0. The van der Waals surface area contributed by atoms with Gasteiger partial charge in [0.15, 0.2) is 0 Å². The number of nitrogens with one attached hydrogen (secondary N) is 1. The fourth-order valence-corrected chi connectivity index (χ4v) is 2.34. The Morgan fingerprint density at radius 2 is 2.08 bits per heavy atom. The van der Waals surface area contributed by atoms with Crippen LogP contribution in [-0.2, 0) is 0 Å². The highest BCUT2D eigenvalue weighted by Gasteiger charge is 2.28. The van der Waals surface area contributed by atoms with Crippen LogP contribution >= 0.6 is 0 Å². The fourth-order valence-electron chi connectivity index (χ4n) is 2.34. The number of hydrogen-bond acceptors (Lipinski definition) is 2. The van der Waals surface area contributed by atoms with E-state index in [9.17, 15) is 5.11 Å². The molecular formula is C11H23NO. The minimum absolute atomic E-state index is 0.0461. The Labute approximate surface area is 81.7 Å². The smallest absolute Gasteiger partial charge is 0.0544 e. The molecule has 3 atom stereocenters. The van der Waals surface area contributed by atoms with E-state index in [4.69, 9.17) is 0 Å². The van der Waals surface area contributed by atoms with Gasteiger partial charge in [-0.25, -0.2) is 0 Å². The third kappa shape index (κ3) is 3.28. The van der Waals surface area contributed by atoms with Gasteiger partial charge in [-0.3, -0.25) is 0 Å². The molecule has 0 radical (unpaired) electrons. The first-order chi connectivity index (χ1) is 6.13. The minimum atomic E-state index is -0.0461. The Kier molecular flexibility index (Phi) is 4.20. The molecule has 0 spiro atoms. The fraction of sp³-hybridized carbons (Fsp3) is 1.00. The largest absolute Gasteiger partial charge is 0.393 e. The normalized spacial score (nSPS) is 35.3. The second-order valence-corrected chi connectivity index (χ2v) is 4.56. The molecule has 0 aromatic heterocycles. The van der Waals surface area contributed by atoms with Crippen LogP contribution in [0.5, 0.6) is 0 Å². The molecule has 0 bridgehead atoms. The summed E-state index contributed by atoms with van der Waals surface area (Å²) < 4.78 is 0. The van der Waals surface area contributed by atoms with Crippen molar-refractivity contribution in [1.29, 1.82) is 0 Å². The minimum Gasteiger partial charge on any atom is -0.393 e. The standard InChI is InChI=1S/C11H23NO/c1-4-9-7-10(13)5-6-11(9)12-8(2)3/h8-13H,4-7H2,1-3H3/t9-,10-,11?/m0/s1. The lowest BCUT2D eigenvalue weighted by atomic mass is 9.81. The highest BCUT2D eigenvalue weighted by Crippen LogP contribution is 2.27. The summed E-state index contributed by atoms with van der Waals surface area (Å²) in [5, 5.41) is 13.1. The van der Waals surface area contributed by atoms with Crippen LogP contribution in [0.2, 0.25) is 0 Å². The first-order valence-corrected chi connectivity index (χ1v) is 5.57. The van der Waals surface area contributed by atoms with E-state index in [1.807, 2.05) is 0 Å². The maximum Gasteiger partial charge on any atom is 0.0544 e. The molecule has 13 heavy (non-hydrogen) atoms. The zero-order valence-electron chi connectivity index (χ0n) is 9.09. The quantitative estimate of drug-likeness (QED) is 0.704. The van der Waals surface area contributed by atoms with Crippen molar-refractivity contribution in [3.63, 3.8) is 0 Å². The van der Waals surface area contributed by atoms with Crippen LogP contribution in [0.25, 0.3) is 0 Å². The zero-order chi connectivity index (χ0) is 9.84. The van der Waals surface area contributed by atoms with Crippen LogP contribution in [0.1, 0.15) is 46.5 Å². The van der Waals surface area contributed by atoms with Crippen LogP contribution in [-0.4, -0.2) is 23.3 Å². The lowest BCUT2D eigenvalue weighted by Crippen LogP contribution is -2.44. The molecule has 0 aromatic carbocycles. The molecule has 78 valence electrons. The van der Waals surface area contributed by atoms with E-state index in [1.165, 1.54) is 6.42 Å². The van der Waals surface area contributed by atoms with Gasteiger partial charge in [-0.15, -0.1) is 0 Å². The van der Waals surface area contributed by atoms with Crippen molar-refractivity contribution in [1.82, 2.24) is 5.32 Å². The third-order valence-electron chi connectivity index (χ3n) is 3.03. The van der Waals surface area contributed by atoms with Gasteiger partial charge in [0.05, 0.1) is 6.10 Å². The summed E-state index contributed by atoms with van der Waals surface area (Å²) in [6.45, 7) is 6.60. The second kappa shape index (κ2) is 4.97. The first-order valence-electron chi connectivity index (χ1n) is 5.57. The van der Waals surface area contributed by atoms with Gasteiger partial charge in [0.25, 0.3) is 0 Å². The van der Waals surface area contributed by atoms with Crippen LogP contribution < -0.4 is 5.32 Å². The monoisotopic (exact) mass is 185 g/mol. The molecule has 1 aliphatic rings. The molecule has 2 nitrogen and oxygen atoms in total. The van der Waals surface area contributed by atoms with E-state index < -0.39 is 0 Å². The molecule has 2 N–H and O–H groups in total. The topological polar surface area (TPSA) is 32.3 Å². The van der Waals surface area contributed by atoms with Crippen LogP contribution in [0, 0.1) is 5.92 Å². The van der Waals surface area contributed by atoms with Gasteiger partial charge in [0.2, 0.25) is 0 Å². The maximum absolute atomic E-state index is 9.53. The summed E-state index contributed by atoms with van der Waals surface area (Å²) in [6, 6.07) is 1.20. The van der Waals surface area contributed by atoms with Gasteiger partial charge >= 0.3 is 0 Å². The number of hydrogen-bond donors (Lipinski definition) is 2. The van der Waals surface area contributed by atoms with Crippen LogP contribution in [0.4, 0.5) is 0 Å². The number of aliphatic hydroxyl groups is 1. The molecule has 0 heterocycles. The van der Waals surface area contributed by atoms with E-state index in [1.54, 1.807) is 0 Å². The Morgan fingerprint density at radius 1 is 1.38 bits per heavy atom. The van der Waals surface area contributed by atoms with E-state index in [-0.39, 0.29) is 6.10 Å². The molecule has 1 rings (SSSR count). The number of aliphatic hydroxyl groups excluding tert-OH is 1. The molecule has 1 fully saturated rings. The molecule has 0 aliphatic heterocycles. The Morgan fingerprint density at radius 3 is 2.62 bits per heavy atom. The Balaban J connectivity index is 2.42. The van der Waals surface area contributed by atoms with E-state index in [0.717, 1.165) is 19.3 Å². The molecule has 1 aliphatic carbocycles. The Hall–Kier alpha value is -0.0800. The van der Waals surface area contributed by atoms with Crippen molar-refractivity contribution in [3.05, 3.63) is 0 Å². The van der Waals surface area contributed by atoms with Gasteiger partial charge < -0.3 is 10.4 Å². The van der Waals surface area contributed by atoms with Gasteiger partial charge in [-0.2, -0.15) is 0 Å². The lowest BCUT2D eigenvalue weighted by Gasteiger charge is -2.35. The maximum atomic E-state index is 9.53. The van der Waals surface area contributed by atoms with E-state index in [2.05, 4.69) is 26.1 Å². The van der Waals surface area contributed by atoms with Gasteiger partial charge in [-0.05, 0) is 25.2 Å². The van der Waals surface area contributed by atoms with Crippen molar-refractivity contribution in [2.45, 2.75) is 64.6 Å². The average molecular weight is 185 g/mol. The SMILES string of the molecule is CC[C@H]1C[C@@H](O)CCC1NC(C)C.